The molecule has 0 spiro atoms. The molecule has 0 heterocycles. The van der Waals surface area contributed by atoms with Crippen LogP contribution in [0, 0.1) is 13.8 Å². The van der Waals surface area contributed by atoms with Crippen LogP contribution >= 0.6 is 0 Å². The van der Waals surface area contributed by atoms with E-state index in [1.165, 1.54) is 6.07 Å². The van der Waals surface area contributed by atoms with Gasteiger partial charge in [0.2, 0.25) is 0 Å². The number of rotatable bonds is 10. The van der Waals surface area contributed by atoms with Gasteiger partial charge in [-0.25, -0.2) is 0 Å². The predicted octanol–water partition coefficient (Wildman–Crippen LogP) is 6.42. The molecule has 0 aliphatic heterocycles. The van der Waals surface area contributed by atoms with Crippen LogP contribution in [-0.4, -0.2) is 39.1 Å². The molecule has 35 heavy (non-hydrogen) atoms. The Kier molecular flexibility index (Phi) is 8.62. The Labute approximate surface area is 211 Å². The summed E-state index contributed by atoms with van der Waals surface area (Å²) in [5.74, 6) is -0.362. The molecule has 0 aliphatic carbocycles. The van der Waals surface area contributed by atoms with Gasteiger partial charge in [0.25, 0.3) is 10.1 Å². The lowest BCUT2D eigenvalue weighted by molar-refractivity contribution is 0.482. The van der Waals surface area contributed by atoms with Gasteiger partial charge in [-0.1, -0.05) is 30.3 Å². The third-order valence-electron chi connectivity index (χ3n) is 6.91. The minimum Gasteiger partial charge on any atom is -0.372 e. The van der Waals surface area contributed by atoms with Crippen molar-refractivity contribution >= 4 is 21.5 Å². The minimum atomic E-state index is -4.41. The summed E-state index contributed by atoms with van der Waals surface area (Å²) in [4.78, 5) is 4.52. The van der Waals surface area contributed by atoms with Gasteiger partial charge >= 0.3 is 0 Å². The Bertz CT molecular complexity index is 1200. The molecule has 3 rings (SSSR count). The molecule has 0 aromatic heterocycles. The van der Waals surface area contributed by atoms with Crippen molar-refractivity contribution in [1.29, 1.82) is 0 Å². The molecule has 0 atom stereocenters. The summed E-state index contributed by atoms with van der Waals surface area (Å²) in [6.45, 7) is 16.2. The first kappa shape index (κ1) is 26.8. The second-order valence-corrected chi connectivity index (χ2v) is 10.3. The summed E-state index contributed by atoms with van der Waals surface area (Å²) < 4.78 is 35.1. The van der Waals surface area contributed by atoms with E-state index in [-0.39, 0.29) is 10.8 Å². The summed E-state index contributed by atoms with van der Waals surface area (Å²) >= 11 is 0. The quantitative estimate of drug-likeness (QED) is 0.260. The van der Waals surface area contributed by atoms with Crippen molar-refractivity contribution < 1.29 is 13.0 Å². The van der Waals surface area contributed by atoms with E-state index in [4.69, 9.17) is 0 Å². The lowest BCUT2D eigenvalue weighted by atomic mass is 9.80. The van der Waals surface area contributed by atoms with E-state index in [1.54, 1.807) is 6.07 Å². The molecule has 0 radical (unpaired) electrons. The Morgan fingerprint density at radius 2 is 1.11 bits per heavy atom. The van der Waals surface area contributed by atoms with Crippen LogP contribution in [0.1, 0.15) is 61.4 Å². The highest BCUT2D eigenvalue weighted by Gasteiger charge is 2.28. The fraction of sp³-hybridized carbons (Fsp3) is 0.379. The molecule has 1 N–H and O–H groups in total. The van der Waals surface area contributed by atoms with Crippen molar-refractivity contribution in [3.05, 3.63) is 88.5 Å². The maximum atomic E-state index is 12.5. The van der Waals surface area contributed by atoms with Crippen LogP contribution in [0.3, 0.4) is 0 Å². The number of anilines is 2. The van der Waals surface area contributed by atoms with E-state index in [0.29, 0.717) is 5.56 Å². The number of aryl methyl sites for hydroxylation is 2. The van der Waals surface area contributed by atoms with Gasteiger partial charge in [0.15, 0.2) is 0 Å². The van der Waals surface area contributed by atoms with E-state index < -0.39 is 10.1 Å². The van der Waals surface area contributed by atoms with Crippen molar-refractivity contribution in [2.75, 3.05) is 36.0 Å². The second kappa shape index (κ2) is 11.3. The first-order chi connectivity index (χ1) is 16.7. The summed E-state index contributed by atoms with van der Waals surface area (Å²) in [5, 5.41) is 0. The van der Waals surface area contributed by atoms with Gasteiger partial charge in [0, 0.05) is 43.5 Å². The zero-order valence-electron chi connectivity index (χ0n) is 21.7. The molecular formula is C29H38N2O3S. The zero-order valence-corrected chi connectivity index (χ0v) is 22.6. The average Bonchev–Trinajstić information content (AvgIpc) is 2.84. The standard InChI is InChI=1S/C29H38N2O3S/c1-7-30(8-2)23-17-15-21(5)26(19-23)29(25-13-11-12-14-28(25)35(32,33)34)27-20-24(18-16-22(27)6)31(9-3)10-4/h11-20,29H,7-10H2,1-6H3,(H,32,33,34). The Morgan fingerprint density at radius 3 is 1.51 bits per heavy atom. The first-order valence-corrected chi connectivity index (χ1v) is 13.9. The van der Waals surface area contributed by atoms with Crippen molar-refractivity contribution in [3.8, 4) is 0 Å². The molecule has 0 amide bonds. The largest absolute Gasteiger partial charge is 0.372 e. The smallest absolute Gasteiger partial charge is 0.294 e. The van der Waals surface area contributed by atoms with E-state index in [0.717, 1.165) is 59.8 Å². The molecule has 6 heteroatoms. The maximum Gasteiger partial charge on any atom is 0.294 e. The van der Waals surface area contributed by atoms with Crippen molar-refractivity contribution in [3.63, 3.8) is 0 Å². The van der Waals surface area contributed by atoms with E-state index >= 15 is 0 Å². The van der Waals surface area contributed by atoms with Gasteiger partial charge in [-0.05, 0) is 99.7 Å². The molecule has 0 saturated carbocycles. The summed E-state index contributed by atoms with van der Waals surface area (Å²) in [7, 11) is -4.41. The number of nitrogens with zero attached hydrogens (tertiary/aromatic N) is 2. The van der Waals surface area contributed by atoms with Gasteiger partial charge in [0.1, 0.15) is 0 Å². The van der Waals surface area contributed by atoms with Gasteiger partial charge in [-0.3, -0.25) is 4.55 Å². The van der Waals surface area contributed by atoms with Crippen LogP contribution in [0.4, 0.5) is 11.4 Å². The van der Waals surface area contributed by atoms with Crippen LogP contribution < -0.4 is 9.80 Å². The summed E-state index contributed by atoms with van der Waals surface area (Å²) in [5.41, 5.74) is 6.99. The van der Waals surface area contributed by atoms with Crippen LogP contribution in [0.2, 0.25) is 0 Å². The highest BCUT2D eigenvalue weighted by atomic mass is 32.2. The third-order valence-corrected chi connectivity index (χ3v) is 7.84. The van der Waals surface area contributed by atoms with E-state index in [2.05, 4.69) is 87.7 Å². The fourth-order valence-corrected chi connectivity index (χ4v) is 5.64. The molecule has 0 unspecified atom stereocenters. The molecule has 0 aliphatic rings. The summed E-state index contributed by atoms with van der Waals surface area (Å²) in [6.07, 6.45) is 0. The van der Waals surface area contributed by atoms with E-state index in [1.807, 2.05) is 12.1 Å². The molecule has 5 nitrogen and oxygen atoms in total. The molecule has 0 bridgehead atoms. The molecule has 0 saturated heterocycles. The topological polar surface area (TPSA) is 60.9 Å². The Hall–Kier alpha value is -2.83. The monoisotopic (exact) mass is 494 g/mol. The lowest BCUT2D eigenvalue weighted by Crippen LogP contribution is -2.23. The van der Waals surface area contributed by atoms with Gasteiger partial charge in [-0.15, -0.1) is 0 Å². The maximum absolute atomic E-state index is 12.5. The normalized spacial score (nSPS) is 11.7. The highest BCUT2D eigenvalue weighted by molar-refractivity contribution is 7.85. The van der Waals surface area contributed by atoms with Crippen LogP contribution in [0.15, 0.2) is 65.6 Å². The fourth-order valence-electron chi connectivity index (χ4n) is 4.91. The van der Waals surface area contributed by atoms with Crippen LogP contribution in [0.25, 0.3) is 0 Å². The van der Waals surface area contributed by atoms with Gasteiger partial charge in [0.05, 0.1) is 4.90 Å². The number of hydrogen-bond donors (Lipinski definition) is 1. The van der Waals surface area contributed by atoms with E-state index in [9.17, 15) is 13.0 Å². The molecule has 0 fully saturated rings. The third kappa shape index (κ3) is 5.71. The van der Waals surface area contributed by atoms with Crippen LogP contribution in [0.5, 0.6) is 0 Å². The molecule has 3 aromatic carbocycles. The summed E-state index contributed by atoms with van der Waals surface area (Å²) in [6, 6.07) is 19.6. The van der Waals surface area contributed by atoms with Crippen molar-refractivity contribution in [2.45, 2.75) is 52.4 Å². The van der Waals surface area contributed by atoms with Crippen LogP contribution in [-0.2, 0) is 10.1 Å². The minimum absolute atomic E-state index is 0.0507. The van der Waals surface area contributed by atoms with Crippen molar-refractivity contribution in [1.82, 2.24) is 0 Å². The molecular weight excluding hydrogens is 456 g/mol. The highest BCUT2D eigenvalue weighted by Crippen LogP contribution is 2.41. The molecule has 188 valence electrons. The zero-order chi connectivity index (χ0) is 25.8. The van der Waals surface area contributed by atoms with Crippen molar-refractivity contribution in [2.24, 2.45) is 0 Å². The van der Waals surface area contributed by atoms with Gasteiger partial charge in [-0.2, -0.15) is 8.42 Å². The average molecular weight is 495 g/mol. The lowest BCUT2D eigenvalue weighted by Gasteiger charge is -2.29. The second-order valence-electron chi connectivity index (χ2n) is 8.87. The SMILES string of the molecule is CCN(CC)c1ccc(C)c(C(c2cc(N(CC)CC)ccc2C)c2ccccc2S(=O)(=O)O)c1. The Morgan fingerprint density at radius 1 is 0.686 bits per heavy atom. The molecule has 3 aromatic rings. The number of hydrogen-bond acceptors (Lipinski definition) is 4. The Balaban J connectivity index is 2.39. The van der Waals surface area contributed by atoms with Gasteiger partial charge < -0.3 is 9.80 Å². The number of benzene rings is 3. The first-order valence-electron chi connectivity index (χ1n) is 12.4. The predicted molar refractivity (Wildman–Crippen MR) is 147 cm³/mol.